The van der Waals surface area contributed by atoms with Crippen molar-refractivity contribution in [2.24, 2.45) is 0 Å². The number of rotatable bonds is 8. The maximum atomic E-state index is 12.3. The highest BCUT2D eigenvalue weighted by atomic mass is 32.2. The number of hydrogen-bond acceptors (Lipinski definition) is 5. The molecule has 1 aromatic carbocycles. The van der Waals surface area contributed by atoms with Crippen molar-refractivity contribution in [3.05, 3.63) is 35.7 Å². The molecule has 1 aliphatic heterocycles. The standard InChI is InChI=1S/C20H26N4O2S/c1-2-14-5-9-16(10-6-14)21-18(25)13-27-20-23-22-19(15-7-8-15)24(20)12-17-4-3-11-26-17/h5-6,9-10,15,17H,2-4,7-8,11-13H2,1H3,(H,21,25)/t17-/m0/s1. The van der Waals surface area contributed by atoms with E-state index in [0.29, 0.717) is 11.7 Å². The second-order valence-corrected chi connectivity index (χ2v) is 8.19. The average Bonchev–Trinajstić information content (AvgIpc) is 3.25. The van der Waals surface area contributed by atoms with E-state index in [0.717, 1.165) is 49.1 Å². The van der Waals surface area contributed by atoms with Crippen LogP contribution in [0.15, 0.2) is 29.4 Å². The van der Waals surface area contributed by atoms with Crippen LogP contribution in [0.5, 0.6) is 0 Å². The van der Waals surface area contributed by atoms with E-state index in [2.05, 4.69) is 27.0 Å². The number of aryl methyl sites for hydroxylation is 1. The highest BCUT2D eigenvalue weighted by molar-refractivity contribution is 7.99. The molecule has 7 heteroatoms. The molecule has 0 bridgehead atoms. The van der Waals surface area contributed by atoms with E-state index in [-0.39, 0.29) is 12.0 Å². The van der Waals surface area contributed by atoms with Gasteiger partial charge < -0.3 is 14.6 Å². The number of thioether (sulfide) groups is 1. The van der Waals surface area contributed by atoms with Crippen molar-refractivity contribution in [1.82, 2.24) is 14.8 Å². The number of nitrogens with one attached hydrogen (secondary N) is 1. The lowest BCUT2D eigenvalue weighted by molar-refractivity contribution is -0.113. The Morgan fingerprint density at radius 1 is 1.26 bits per heavy atom. The van der Waals surface area contributed by atoms with Gasteiger partial charge in [0.25, 0.3) is 0 Å². The van der Waals surface area contributed by atoms with Crippen molar-refractivity contribution in [1.29, 1.82) is 0 Å². The summed E-state index contributed by atoms with van der Waals surface area (Å²) in [6.07, 6.45) is 5.80. The van der Waals surface area contributed by atoms with Crippen LogP contribution in [0.3, 0.4) is 0 Å². The molecule has 1 atom stereocenters. The normalized spacial score (nSPS) is 19.4. The number of amides is 1. The Morgan fingerprint density at radius 2 is 2.07 bits per heavy atom. The molecule has 0 radical (unpaired) electrons. The number of hydrogen-bond donors (Lipinski definition) is 1. The molecule has 144 valence electrons. The number of benzene rings is 1. The summed E-state index contributed by atoms with van der Waals surface area (Å²) in [5.74, 6) is 1.88. The lowest BCUT2D eigenvalue weighted by Crippen LogP contribution is -2.19. The topological polar surface area (TPSA) is 69.0 Å². The first-order valence-electron chi connectivity index (χ1n) is 9.79. The summed E-state index contributed by atoms with van der Waals surface area (Å²) in [5.41, 5.74) is 2.09. The molecule has 1 saturated carbocycles. The third-order valence-electron chi connectivity index (χ3n) is 5.08. The molecule has 1 N–H and O–H groups in total. The Bertz CT molecular complexity index is 780. The van der Waals surface area contributed by atoms with Gasteiger partial charge >= 0.3 is 0 Å². The summed E-state index contributed by atoms with van der Waals surface area (Å²) in [6, 6.07) is 7.99. The van der Waals surface area contributed by atoms with Gasteiger partial charge in [0.2, 0.25) is 5.91 Å². The van der Waals surface area contributed by atoms with Crippen LogP contribution in [0.4, 0.5) is 5.69 Å². The summed E-state index contributed by atoms with van der Waals surface area (Å²) >= 11 is 1.45. The van der Waals surface area contributed by atoms with Crippen LogP contribution in [0.25, 0.3) is 0 Å². The van der Waals surface area contributed by atoms with Crippen LogP contribution in [0.1, 0.15) is 49.9 Å². The number of nitrogens with zero attached hydrogens (tertiary/aromatic N) is 3. The Kier molecular flexibility index (Phi) is 5.78. The van der Waals surface area contributed by atoms with E-state index >= 15 is 0 Å². The SMILES string of the molecule is CCc1ccc(NC(=O)CSc2nnc(C3CC3)n2C[C@@H]2CCCO2)cc1. The smallest absolute Gasteiger partial charge is 0.234 e. The van der Waals surface area contributed by atoms with Crippen molar-refractivity contribution in [3.8, 4) is 0 Å². The summed E-state index contributed by atoms with van der Waals surface area (Å²) < 4.78 is 7.98. The largest absolute Gasteiger partial charge is 0.376 e. The molecule has 2 fully saturated rings. The molecule has 2 aliphatic rings. The first kappa shape index (κ1) is 18.5. The Balaban J connectivity index is 1.37. The van der Waals surface area contributed by atoms with E-state index in [1.807, 2.05) is 24.3 Å². The lowest BCUT2D eigenvalue weighted by Gasteiger charge is -2.14. The molecular formula is C20H26N4O2S. The molecule has 1 aromatic heterocycles. The second kappa shape index (κ2) is 8.44. The van der Waals surface area contributed by atoms with Gasteiger partial charge in [0, 0.05) is 18.2 Å². The molecule has 27 heavy (non-hydrogen) atoms. The van der Waals surface area contributed by atoms with Crippen molar-refractivity contribution in [2.75, 3.05) is 17.7 Å². The van der Waals surface area contributed by atoms with E-state index in [1.165, 1.54) is 30.2 Å². The van der Waals surface area contributed by atoms with Crippen LogP contribution < -0.4 is 5.32 Å². The van der Waals surface area contributed by atoms with Gasteiger partial charge in [0.05, 0.1) is 18.4 Å². The van der Waals surface area contributed by atoms with Crippen LogP contribution in [-0.4, -0.2) is 39.1 Å². The molecular weight excluding hydrogens is 360 g/mol. The fraction of sp³-hybridized carbons (Fsp3) is 0.550. The first-order chi connectivity index (χ1) is 13.2. The highest BCUT2D eigenvalue weighted by Crippen LogP contribution is 2.40. The maximum Gasteiger partial charge on any atom is 0.234 e. The van der Waals surface area contributed by atoms with Crippen molar-refractivity contribution >= 4 is 23.4 Å². The highest BCUT2D eigenvalue weighted by Gasteiger charge is 2.31. The molecule has 1 amide bonds. The van der Waals surface area contributed by atoms with E-state index in [4.69, 9.17) is 4.74 Å². The van der Waals surface area contributed by atoms with Crippen LogP contribution in [-0.2, 0) is 22.5 Å². The lowest BCUT2D eigenvalue weighted by atomic mass is 10.1. The molecule has 2 aromatic rings. The summed E-state index contributed by atoms with van der Waals surface area (Å²) in [5, 5.41) is 12.5. The second-order valence-electron chi connectivity index (χ2n) is 7.25. The minimum absolute atomic E-state index is 0.0242. The third kappa shape index (κ3) is 4.71. The van der Waals surface area contributed by atoms with Crippen LogP contribution in [0.2, 0.25) is 0 Å². The summed E-state index contributed by atoms with van der Waals surface area (Å²) in [6.45, 7) is 3.75. The molecule has 0 spiro atoms. The summed E-state index contributed by atoms with van der Waals surface area (Å²) in [4.78, 5) is 12.3. The minimum Gasteiger partial charge on any atom is -0.376 e. The minimum atomic E-state index is -0.0242. The predicted octanol–water partition coefficient (Wildman–Crippen LogP) is 3.63. The van der Waals surface area contributed by atoms with Crippen molar-refractivity contribution < 1.29 is 9.53 Å². The zero-order chi connectivity index (χ0) is 18.6. The molecule has 1 aliphatic carbocycles. The zero-order valence-corrected chi connectivity index (χ0v) is 16.5. The Morgan fingerprint density at radius 3 is 2.74 bits per heavy atom. The maximum absolute atomic E-state index is 12.3. The predicted molar refractivity (Wildman–Crippen MR) is 106 cm³/mol. The van der Waals surface area contributed by atoms with E-state index in [1.54, 1.807) is 0 Å². The van der Waals surface area contributed by atoms with Gasteiger partial charge in [-0.05, 0) is 49.8 Å². The van der Waals surface area contributed by atoms with Gasteiger partial charge in [-0.3, -0.25) is 4.79 Å². The summed E-state index contributed by atoms with van der Waals surface area (Å²) in [7, 11) is 0. The number of anilines is 1. The van der Waals surface area contributed by atoms with E-state index in [9.17, 15) is 4.79 Å². The fourth-order valence-electron chi connectivity index (χ4n) is 3.36. The quantitative estimate of drug-likeness (QED) is 0.702. The first-order valence-corrected chi connectivity index (χ1v) is 10.8. The molecule has 6 nitrogen and oxygen atoms in total. The Labute approximate surface area is 164 Å². The number of ether oxygens (including phenoxy) is 1. The van der Waals surface area contributed by atoms with Gasteiger partial charge in [0.1, 0.15) is 5.82 Å². The van der Waals surface area contributed by atoms with Crippen molar-refractivity contribution in [2.45, 2.75) is 62.8 Å². The van der Waals surface area contributed by atoms with Crippen LogP contribution in [0, 0.1) is 0 Å². The molecule has 4 rings (SSSR count). The van der Waals surface area contributed by atoms with Gasteiger partial charge in [-0.25, -0.2) is 0 Å². The van der Waals surface area contributed by atoms with Crippen molar-refractivity contribution in [3.63, 3.8) is 0 Å². The fourth-order valence-corrected chi connectivity index (χ4v) is 4.12. The average molecular weight is 387 g/mol. The van der Waals surface area contributed by atoms with Gasteiger partial charge in [0.15, 0.2) is 5.16 Å². The monoisotopic (exact) mass is 386 g/mol. The van der Waals surface area contributed by atoms with Crippen LogP contribution >= 0.6 is 11.8 Å². The number of carbonyl (C=O) groups is 1. The molecule has 0 unspecified atom stereocenters. The number of carbonyl (C=O) groups excluding carboxylic acids is 1. The zero-order valence-electron chi connectivity index (χ0n) is 15.7. The van der Waals surface area contributed by atoms with E-state index < -0.39 is 0 Å². The van der Waals surface area contributed by atoms with Gasteiger partial charge in [-0.15, -0.1) is 10.2 Å². The molecule has 2 heterocycles. The van der Waals surface area contributed by atoms with Gasteiger partial charge in [-0.1, -0.05) is 30.8 Å². The molecule has 1 saturated heterocycles. The van der Waals surface area contributed by atoms with Gasteiger partial charge in [-0.2, -0.15) is 0 Å². The third-order valence-corrected chi connectivity index (χ3v) is 6.04. The number of aromatic nitrogens is 3. The Hall–Kier alpha value is -1.86.